The minimum absolute atomic E-state index is 0.151. The van der Waals surface area contributed by atoms with E-state index in [9.17, 15) is 9.90 Å². The molecule has 0 saturated carbocycles. The number of rotatable bonds is 5. The Hall–Kier alpha value is -2.41. The van der Waals surface area contributed by atoms with E-state index in [2.05, 4.69) is 20.3 Å². The molecule has 0 bridgehead atoms. The molecule has 1 atom stereocenters. The topological polar surface area (TPSA) is 83.3 Å². The number of pyridine rings is 1. The minimum Gasteiger partial charge on any atom is -0.386 e. The van der Waals surface area contributed by atoms with Crippen molar-refractivity contribution in [2.24, 2.45) is 0 Å². The molecular formula is C17H23N5O2. The Morgan fingerprint density at radius 3 is 3.04 bits per heavy atom. The van der Waals surface area contributed by atoms with Crippen molar-refractivity contribution >= 4 is 11.7 Å². The molecule has 0 aromatic carbocycles. The molecule has 3 rings (SSSR count). The van der Waals surface area contributed by atoms with Gasteiger partial charge in [0.25, 0.3) is 0 Å². The van der Waals surface area contributed by atoms with Crippen LogP contribution in [0.1, 0.15) is 18.4 Å². The fraction of sp³-hybridized carbons (Fsp3) is 0.471. The number of amides is 1. The number of piperidine rings is 1. The summed E-state index contributed by atoms with van der Waals surface area (Å²) < 4.78 is 1.59. The van der Waals surface area contributed by atoms with Gasteiger partial charge in [-0.25, -0.2) is 4.98 Å². The van der Waals surface area contributed by atoms with E-state index in [1.54, 1.807) is 17.1 Å². The van der Waals surface area contributed by atoms with Gasteiger partial charge in [-0.15, -0.1) is 0 Å². The highest BCUT2D eigenvalue weighted by Gasteiger charge is 2.34. The summed E-state index contributed by atoms with van der Waals surface area (Å²) in [6, 6.07) is 5.74. The number of aryl methyl sites for hydroxylation is 1. The molecule has 2 N–H and O–H groups in total. The van der Waals surface area contributed by atoms with Crippen molar-refractivity contribution < 1.29 is 9.90 Å². The molecular weight excluding hydrogens is 306 g/mol. The number of hydrogen-bond acceptors (Lipinski definition) is 5. The number of carbonyl (C=O) groups excluding carboxylic acids is 1. The molecule has 1 aliphatic heterocycles. The summed E-state index contributed by atoms with van der Waals surface area (Å²) in [5, 5.41) is 17.7. The Bertz CT molecular complexity index is 687. The first-order chi connectivity index (χ1) is 11.5. The molecule has 3 heterocycles. The van der Waals surface area contributed by atoms with Gasteiger partial charge in [0.05, 0.1) is 11.8 Å². The van der Waals surface area contributed by atoms with Crippen molar-refractivity contribution in [3.8, 4) is 0 Å². The van der Waals surface area contributed by atoms with E-state index >= 15 is 0 Å². The molecule has 1 saturated heterocycles. The average molecular weight is 329 g/mol. The Morgan fingerprint density at radius 2 is 2.33 bits per heavy atom. The number of β-amino-alcohol motifs (C(OH)–C–C–N with tert-alkyl or cyclic N) is 1. The lowest BCUT2D eigenvalue weighted by Gasteiger charge is -2.39. The third kappa shape index (κ3) is 4.11. The highest BCUT2D eigenvalue weighted by Crippen LogP contribution is 2.24. The molecule has 0 unspecified atom stereocenters. The maximum Gasteiger partial charge on any atom is 0.241 e. The standard InChI is InChI=1S/C17H23N5O2/c1-14-9-20-22(10-14)11-16(23)19-12-17(24)6-4-8-21(13-17)15-5-2-3-7-18-15/h2-3,5,7,9-10,24H,4,6,8,11-13H2,1H3,(H,19,23)/t17-/m0/s1. The zero-order valence-corrected chi connectivity index (χ0v) is 13.9. The Morgan fingerprint density at radius 1 is 1.46 bits per heavy atom. The van der Waals surface area contributed by atoms with Crippen molar-refractivity contribution in [3.05, 3.63) is 42.4 Å². The highest BCUT2D eigenvalue weighted by molar-refractivity contribution is 5.75. The number of aromatic nitrogens is 3. The molecule has 2 aromatic rings. The Labute approximate surface area is 141 Å². The lowest BCUT2D eigenvalue weighted by molar-refractivity contribution is -0.123. The lowest BCUT2D eigenvalue weighted by Crippen LogP contribution is -2.54. The first kappa shape index (κ1) is 16.4. The lowest BCUT2D eigenvalue weighted by atomic mass is 9.92. The third-order valence-corrected chi connectivity index (χ3v) is 4.21. The molecule has 1 aliphatic rings. The van der Waals surface area contributed by atoms with Crippen molar-refractivity contribution in [1.29, 1.82) is 0 Å². The van der Waals surface area contributed by atoms with E-state index in [1.807, 2.05) is 31.3 Å². The molecule has 1 amide bonds. The summed E-state index contributed by atoms with van der Waals surface area (Å²) in [6.07, 6.45) is 6.81. The molecule has 7 heteroatoms. The number of nitrogens with zero attached hydrogens (tertiary/aromatic N) is 4. The monoisotopic (exact) mass is 329 g/mol. The third-order valence-electron chi connectivity index (χ3n) is 4.21. The zero-order chi connectivity index (χ0) is 17.0. The zero-order valence-electron chi connectivity index (χ0n) is 13.9. The van der Waals surface area contributed by atoms with E-state index in [1.165, 1.54) is 0 Å². The molecule has 1 fully saturated rings. The number of hydrogen-bond donors (Lipinski definition) is 2. The van der Waals surface area contributed by atoms with Crippen molar-refractivity contribution in [2.45, 2.75) is 31.9 Å². The Kier molecular flexibility index (Phi) is 4.80. The van der Waals surface area contributed by atoms with Crippen LogP contribution in [-0.4, -0.2) is 51.0 Å². The maximum absolute atomic E-state index is 12.0. The first-order valence-electron chi connectivity index (χ1n) is 8.18. The second kappa shape index (κ2) is 7.00. The first-order valence-corrected chi connectivity index (χ1v) is 8.18. The number of carbonyl (C=O) groups is 1. The minimum atomic E-state index is -0.939. The van der Waals surface area contributed by atoms with Gasteiger partial charge in [0.1, 0.15) is 12.4 Å². The second-order valence-corrected chi connectivity index (χ2v) is 6.43. The van der Waals surface area contributed by atoms with Crippen LogP contribution < -0.4 is 10.2 Å². The van der Waals surface area contributed by atoms with E-state index in [4.69, 9.17) is 0 Å². The van der Waals surface area contributed by atoms with Gasteiger partial charge in [-0.05, 0) is 37.5 Å². The summed E-state index contributed by atoms with van der Waals surface area (Å²) in [6.45, 7) is 3.65. The van der Waals surface area contributed by atoms with Gasteiger partial charge in [-0.2, -0.15) is 5.10 Å². The van der Waals surface area contributed by atoms with Gasteiger partial charge < -0.3 is 15.3 Å². The SMILES string of the molecule is Cc1cnn(CC(=O)NC[C@@]2(O)CCCN(c3ccccn3)C2)c1. The average Bonchev–Trinajstić information content (AvgIpc) is 2.99. The van der Waals surface area contributed by atoms with Crippen LogP contribution >= 0.6 is 0 Å². The van der Waals surface area contributed by atoms with E-state index in [0.717, 1.165) is 24.3 Å². The van der Waals surface area contributed by atoms with Crippen LogP contribution in [0.2, 0.25) is 0 Å². The smallest absolute Gasteiger partial charge is 0.241 e. The maximum atomic E-state index is 12.0. The van der Waals surface area contributed by atoms with Gasteiger partial charge >= 0.3 is 0 Å². The molecule has 0 aliphatic carbocycles. The highest BCUT2D eigenvalue weighted by atomic mass is 16.3. The van der Waals surface area contributed by atoms with E-state index in [-0.39, 0.29) is 19.0 Å². The second-order valence-electron chi connectivity index (χ2n) is 6.43. The van der Waals surface area contributed by atoms with Gasteiger partial charge in [-0.3, -0.25) is 9.48 Å². The van der Waals surface area contributed by atoms with Gasteiger partial charge in [0.2, 0.25) is 5.91 Å². The van der Waals surface area contributed by atoms with Gasteiger partial charge in [-0.1, -0.05) is 6.07 Å². The molecule has 2 aromatic heterocycles. The van der Waals surface area contributed by atoms with Crippen LogP contribution in [-0.2, 0) is 11.3 Å². The molecule has 128 valence electrons. The molecule has 7 nitrogen and oxygen atoms in total. The summed E-state index contributed by atoms with van der Waals surface area (Å²) >= 11 is 0. The largest absolute Gasteiger partial charge is 0.386 e. The number of nitrogens with one attached hydrogen (secondary N) is 1. The fourth-order valence-corrected chi connectivity index (χ4v) is 3.01. The van der Waals surface area contributed by atoms with Crippen LogP contribution in [0.5, 0.6) is 0 Å². The quantitative estimate of drug-likeness (QED) is 0.845. The van der Waals surface area contributed by atoms with Gasteiger partial charge in [0, 0.05) is 32.0 Å². The molecule has 0 radical (unpaired) electrons. The van der Waals surface area contributed by atoms with Crippen LogP contribution in [0.25, 0.3) is 0 Å². The van der Waals surface area contributed by atoms with Crippen molar-refractivity contribution in [2.75, 3.05) is 24.5 Å². The van der Waals surface area contributed by atoms with E-state index in [0.29, 0.717) is 13.0 Å². The van der Waals surface area contributed by atoms with Gasteiger partial charge in [0.15, 0.2) is 0 Å². The number of anilines is 1. The Balaban J connectivity index is 1.54. The summed E-state index contributed by atoms with van der Waals surface area (Å²) in [7, 11) is 0. The normalized spacial score (nSPS) is 20.8. The van der Waals surface area contributed by atoms with Crippen LogP contribution in [0.15, 0.2) is 36.8 Å². The van der Waals surface area contributed by atoms with Crippen molar-refractivity contribution in [3.63, 3.8) is 0 Å². The number of aliphatic hydroxyl groups is 1. The predicted molar refractivity (Wildman–Crippen MR) is 90.6 cm³/mol. The van der Waals surface area contributed by atoms with Crippen LogP contribution in [0.4, 0.5) is 5.82 Å². The summed E-state index contributed by atoms with van der Waals surface area (Å²) in [5.74, 6) is 0.704. The molecule has 0 spiro atoms. The predicted octanol–water partition coefficient (Wildman–Crippen LogP) is 0.734. The van der Waals surface area contributed by atoms with Crippen LogP contribution in [0, 0.1) is 6.92 Å². The van der Waals surface area contributed by atoms with Crippen molar-refractivity contribution in [1.82, 2.24) is 20.1 Å². The van der Waals surface area contributed by atoms with E-state index < -0.39 is 5.60 Å². The fourth-order valence-electron chi connectivity index (χ4n) is 3.01. The summed E-state index contributed by atoms with van der Waals surface area (Å²) in [4.78, 5) is 18.4. The molecule has 24 heavy (non-hydrogen) atoms. The summed E-state index contributed by atoms with van der Waals surface area (Å²) in [5.41, 5.74) is 0.0746. The van der Waals surface area contributed by atoms with Crippen LogP contribution in [0.3, 0.4) is 0 Å².